The molecular formula is C20H15NO4. The maximum Gasteiger partial charge on any atom is 0.357 e. The van der Waals surface area contributed by atoms with E-state index in [-0.39, 0.29) is 11.5 Å². The van der Waals surface area contributed by atoms with Crippen LogP contribution in [0.15, 0.2) is 72.8 Å². The summed E-state index contributed by atoms with van der Waals surface area (Å²) in [7, 11) is 0. The van der Waals surface area contributed by atoms with Crippen LogP contribution in [0.1, 0.15) is 27.0 Å². The number of rotatable bonds is 2. The minimum absolute atomic E-state index is 0.144. The monoisotopic (exact) mass is 333 g/mol. The number of benzene rings is 3. The van der Waals surface area contributed by atoms with Crippen LogP contribution in [0.25, 0.3) is 0 Å². The van der Waals surface area contributed by atoms with E-state index in [1.165, 1.54) is 0 Å². The standard InChI is InChI=1S/C20H15NO4/c22-15-9-5-13(6-10-15)20(14-7-11-16(23)12-8-14)18-4-2-1-3-17(18)19(24)25-21-20/h1-12,21-23H. The van der Waals surface area contributed by atoms with E-state index in [4.69, 9.17) is 4.84 Å². The van der Waals surface area contributed by atoms with Crippen LogP contribution in [-0.4, -0.2) is 16.2 Å². The molecule has 1 aliphatic rings. The van der Waals surface area contributed by atoms with E-state index in [1.807, 2.05) is 12.1 Å². The second-order valence-corrected chi connectivity index (χ2v) is 5.88. The molecule has 25 heavy (non-hydrogen) atoms. The van der Waals surface area contributed by atoms with Crippen LogP contribution < -0.4 is 5.48 Å². The Labute approximate surface area is 144 Å². The molecule has 1 aliphatic heterocycles. The van der Waals surface area contributed by atoms with Crippen molar-refractivity contribution in [2.24, 2.45) is 0 Å². The predicted molar refractivity (Wildman–Crippen MR) is 91.1 cm³/mol. The topological polar surface area (TPSA) is 78.8 Å². The normalized spacial score (nSPS) is 15.3. The molecule has 0 fully saturated rings. The molecule has 0 radical (unpaired) electrons. The summed E-state index contributed by atoms with van der Waals surface area (Å²) in [6.07, 6.45) is 0. The summed E-state index contributed by atoms with van der Waals surface area (Å²) in [6.45, 7) is 0. The van der Waals surface area contributed by atoms with Crippen molar-refractivity contribution in [3.63, 3.8) is 0 Å². The van der Waals surface area contributed by atoms with Crippen molar-refractivity contribution >= 4 is 5.97 Å². The molecular weight excluding hydrogens is 318 g/mol. The van der Waals surface area contributed by atoms with E-state index < -0.39 is 11.5 Å². The number of fused-ring (bicyclic) bond motifs is 1. The zero-order valence-corrected chi connectivity index (χ0v) is 13.1. The number of hydrogen-bond donors (Lipinski definition) is 3. The molecule has 3 aromatic carbocycles. The Morgan fingerprint density at radius 3 is 1.84 bits per heavy atom. The minimum atomic E-state index is -0.952. The fourth-order valence-electron chi connectivity index (χ4n) is 3.24. The van der Waals surface area contributed by atoms with Crippen LogP contribution in [0.5, 0.6) is 11.5 Å². The molecule has 0 aromatic heterocycles. The lowest BCUT2D eigenvalue weighted by Crippen LogP contribution is -2.50. The highest BCUT2D eigenvalue weighted by molar-refractivity contribution is 5.93. The van der Waals surface area contributed by atoms with E-state index in [1.54, 1.807) is 60.7 Å². The van der Waals surface area contributed by atoms with E-state index in [0.29, 0.717) is 5.56 Å². The first-order chi connectivity index (χ1) is 12.1. The summed E-state index contributed by atoms with van der Waals surface area (Å²) in [6, 6.07) is 20.6. The van der Waals surface area contributed by atoms with E-state index in [9.17, 15) is 15.0 Å². The van der Waals surface area contributed by atoms with Crippen molar-refractivity contribution < 1.29 is 19.8 Å². The van der Waals surface area contributed by atoms with Gasteiger partial charge in [-0.05, 0) is 47.0 Å². The molecule has 0 amide bonds. The molecule has 0 saturated heterocycles. The summed E-state index contributed by atoms with van der Waals surface area (Å²) >= 11 is 0. The number of phenols is 2. The molecule has 0 saturated carbocycles. The first-order valence-corrected chi connectivity index (χ1v) is 7.78. The highest BCUT2D eigenvalue weighted by Gasteiger charge is 2.44. The van der Waals surface area contributed by atoms with Crippen LogP contribution >= 0.6 is 0 Å². The first kappa shape index (κ1) is 15.2. The summed E-state index contributed by atoms with van der Waals surface area (Å²) in [5.41, 5.74) is 4.72. The molecule has 0 spiro atoms. The Bertz CT molecular complexity index is 887. The smallest absolute Gasteiger partial charge is 0.357 e. The van der Waals surface area contributed by atoms with Crippen molar-refractivity contribution in [3.8, 4) is 11.5 Å². The number of phenolic OH excluding ortho intramolecular Hbond substituents is 2. The average Bonchev–Trinajstić information content (AvgIpc) is 2.64. The number of carbonyl (C=O) groups is 1. The van der Waals surface area contributed by atoms with Gasteiger partial charge >= 0.3 is 5.97 Å². The lowest BCUT2D eigenvalue weighted by molar-refractivity contribution is 0.000642. The van der Waals surface area contributed by atoms with Gasteiger partial charge in [0, 0.05) is 0 Å². The van der Waals surface area contributed by atoms with Gasteiger partial charge in [0.25, 0.3) is 0 Å². The van der Waals surface area contributed by atoms with Crippen molar-refractivity contribution in [1.82, 2.24) is 5.48 Å². The first-order valence-electron chi connectivity index (χ1n) is 7.78. The highest BCUT2D eigenvalue weighted by Crippen LogP contribution is 2.41. The van der Waals surface area contributed by atoms with Gasteiger partial charge in [-0.2, -0.15) is 0 Å². The lowest BCUT2D eigenvalue weighted by atomic mass is 9.75. The second-order valence-electron chi connectivity index (χ2n) is 5.88. The molecule has 0 aliphatic carbocycles. The third kappa shape index (κ3) is 2.33. The SMILES string of the molecule is O=C1ONC(c2ccc(O)cc2)(c2ccc(O)cc2)c2ccccc21. The van der Waals surface area contributed by atoms with Gasteiger partial charge in [0.1, 0.15) is 17.0 Å². The minimum Gasteiger partial charge on any atom is -0.508 e. The molecule has 124 valence electrons. The summed E-state index contributed by atoms with van der Waals surface area (Å²) in [5, 5.41) is 19.3. The van der Waals surface area contributed by atoms with Crippen molar-refractivity contribution in [2.75, 3.05) is 0 Å². The third-order valence-corrected chi connectivity index (χ3v) is 4.45. The number of hydroxylamine groups is 1. The second kappa shape index (κ2) is 5.65. The summed E-state index contributed by atoms with van der Waals surface area (Å²) in [4.78, 5) is 17.5. The molecule has 5 heteroatoms. The van der Waals surface area contributed by atoms with E-state index in [2.05, 4.69) is 5.48 Å². The maximum atomic E-state index is 12.2. The van der Waals surface area contributed by atoms with Gasteiger partial charge in [-0.1, -0.05) is 42.5 Å². The van der Waals surface area contributed by atoms with Gasteiger partial charge < -0.3 is 15.1 Å². The molecule has 3 aromatic rings. The Morgan fingerprint density at radius 1 is 0.760 bits per heavy atom. The fourth-order valence-corrected chi connectivity index (χ4v) is 3.24. The number of nitrogens with one attached hydrogen (secondary N) is 1. The average molecular weight is 333 g/mol. The van der Waals surface area contributed by atoms with Crippen LogP contribution in [0, 0.1) is 0 Å². The number of aromatic hydroxyl groups is 2. The Hall–Kier alpha value is -3.31. The molecule has 0 unspecified atom stereocenters. The zero-order valence-electron chi connectivity index (χ0n) is 13.1. The Morgan fingerprint density at radius 2 is 1.28 bits per heavy atom. The van der Waals surface area contributed by atoms with E-state index in [0.717, 1.165) is 16.7 Å². The lowest BCUT2D eigenvalue weighted by Gasteiger charge is -2.39. The van der Waals surface area contributed by atoms with Gasteiger partial charge in [-0.15, -0.1) is 5.48 Å². The van der Waals surface area contributed by atoms with Crippen LogP contribution in [0.3, 0.4) is 0 Å². The predicted octanol–water partition coefficient (Wildman–Crippen LogP) is 3.06. The number of carbonyl (C=O) groups excluding carboxylic acids is 1. The summed E-state index contributed by atoms with van der Waals surface area (Å²) in [5.74, 6) is -0.167. The van der Waals surface area contributed by atoms with Crippen molar-refractivity contribution in [2.45, 2.75) is 5.54 Å². The molecule has 4 rings (SSSR count). The van der Waals surface area contributed by atoms with E-state index >= 15 is 0 Å². The molecule has 0 bridgehead atoms. The van der Waals surface area contributed by atoms with Gasteiger partial charge in [0.2, 0.25) is 0 Å². The van der Waals surface area contributed by atoms with Crippen molar-refractivity contribution in [3.05, 3.63) is 95.1 Å². The van der Waals surface area contributed by atoms with Gasteiger partial charge in [-0.3, -0.25) is 0 Å². The van der Waals surface area contributed by atoms with Gasteiger partial charge in [0.05, 0.1) is 5.56 Å². The Kier molecular flexibility index (Phi) is 3.44. The highest BCUT2D eigenvalue weighted by atomic mass is 16.7. The van der Waals surface area contributed by atoms with Crippen LogP contribution in [0.2, 0.25) is 0 Å². The zero-order chi connectivity index (χ0) is 17.4. The van der Waals surface area contributed by atoms with Gasteiger partial charge in [0.15, 0.2) is 0 Å². The third-order valence-electron chi connectivity index (χ3n) is 4.45. The molecule has 5 nitrogen and oxygen atoms in total. The molecule has 1 heterocycles. The molecule has 3 N–H and O–H groups in total. The van der Waals surface area contributed by atoms with Gasteiger partial charge in [-0.25, -0.2) is 4.79 Å². The largest absolute Gasteiger partial charge is 0.508 e. The van der Waals surface area contributed by atoms with Crippen LogP contribution in [0.4, 0.5) is 0 Å². The van der Waals surface area contributed by atoms with Crippen LogP contribution in [-0.2, 0) is 10.4 Å². The Balaban J connectivity index is 2.04. The fraction of sp³-hybridized carbons (Fsp3) is 0.0500. The molecule has 0 atom stereocenters. The quantitative estimate of drug-likeness (QED) is 0.672. The summed E-state index contributed by atoms with van der Waals surface area (Å²) < 4.78 is 0. The maximum absolute atomic E-state index is 12.2. The number of hydrogen-bond acceptors (Lipinski definition) is 5. The van der Waals surface area contributed by atoms with Crippen molar-refractivity contribution in [1.29, 1.82) is 0 Å².